The van der Waals surface area contributed by atoms with E-state index < -0.39 is 18.1 Å². The highest BCUT2D eigenvalue weighted by Gasteiger charge is 2.27. The fourth-order valence-corrected chi connectivity index (χ4v) is 4.45. The van der Waals surface area contributed by atoms with Crippen molar-refractivity contribution >= 4 is 23.0 Å². The first-order valence-electron chi connectivity index (χ1n) is 13.0. The molecule has 1 unspecified atom stereocenters. The zero-order valence-corrected chi connectivity index (χ0v) is 22.4. The second-order valence-electron chi connectivity index (χ2n) is 9.73. The first kappa shape index (κ1) is 26.8. The van der Waals surface area contributed by atoms with Crippen molar-refractivity contribution in [2.75, 3.05) is 13.2 Å². The van der Waals surface area contributed by atoms with Crippen molar-refractivity contribution in [3.63, 3.8) is 0 Å². The van der Waals surface area contributed by atoms with Gasteiger partial charge in [-0.1, -0.05) is 50.2 Å². The Bertz CT molecular complexity index is 1610. The van der Waals surface area contributed by atoms with Crippen LogP contribution < -0.4 is 25.0 Å². The molecule has 9 heteroatoms. The Balaban J connectivity index is 1.32. The quantitative estimate of drug-likeness (QED) is 0.244. The predicted molar refractivity (Wildman–Crippen MR) is 148 cm³/mol. The number of hydrogen-bond acceptors (Lipinski definition) is 8. The van der Waals surface area contributed by atoms with Crippen molar-refractivity contribution in [3.8, 4) is 28.4 Å². The smallest absolute Gasteiger partial charge is 0.408 e. The second kappa shape index (κ2) is 11.5. The van der Waals surface area contributed by atoms with Crippen LogP contribution in [0.15, 0.2) is 75.9 Å². The molecule has 1 amide bonds. The van der Waals surface area contributed by atoms with E-state index in [1.54, 1.807) is 45.0 Å². The fraction of sp³-hybridized carbons (Fsp3) is 0.258. The van der Waals surface area contributed by atoms with E-state index in [0.29, 0.717) is 47.0 Å². The number of hydrogen-bond donors (Lipinski definition) is 1. The van der Waals surface area contributed by atoms with Crippen molar-refractivity contribution in [3.05, 3.63) is 88.3 Å². The maximum atomic E-state index is 13.4. The van der Waals surface area contributed by atoms with Crippen LogP contribution in [0, 0.1) is 12.8 Å². The average Bonchev–Trinajstić information content (AvgIpc) is 2.95. The van der Waals surface area contributed by atoms with Gasteiger partial charge in [0.05, 0.1) is 10.9 Å². The number of carbonyl (C=O) groups excluding carboxylic acids is 2. The molecule has 1 aliphatic rings. The topological polar surface area (TPSA) is 113 Å². The Morgan fingerprint density at radius 3 is 2.45 bits per heavy atom. The monoisotopic (exact) mass is 543 g/mol. The summed E-state index contributed by atoms with van der Waals surface area (Å²) in [4.78, 5) is 38.8. The van der Waals surface area contributed by atoms with Gasteiger partial charge in [-0.15, -0.1) is 0 Å². The van der Waals surface area contributed by atoms with E-state index in [1.807, 2.05) is 30.3 Å². The van der Waals surface area contributed by atoms with Gasteiger partial charge < -0.3 is 28.7 Å². The molecule has 1 aromatic heterocycles. The zero-order valence-electron chi connectivity index (χ0n) is 22.4. The Morgan fingerprint density at radius 2 is 1.70 bits per heavy atom. The molecule has 2 heterocycles. The summed E-state index contributed by atoms with van der Waals surface area (Å²) < 4.78 is 28.0. The van der Waals surface area contributed by atoms with Crippen LogP contribution in [0.25, 0.3) is 22.1 Å². The number of amides is 1. The average molecular weight is 544 g/mol. The van der Waals surface area contributed by atoms with Gasteiger partial charge in [0, 0.05) is 6.07 Å². The number of carbonyl (C=O) groups is 2. The van der Waals surface area contributed by atoms with Gasteiger partial charge in [-0.3, -0.25) is 4.79 Å². The van der Waals surface area contributed by atoms with E-state index in [-0.39, 0.29) is 29.3 Å². The van der Waals surface area contributed by atoms with Gasteiger partial charge in [-0.05, 0) is 48.2 Å². The lowest BCUT2D eigenvalue weighted by molar-refractivity contribution is -0.137. The minimum atomic E-state index is -0.953. The molecule has 1 aliphatic heterocycles. The highest BCUT2D eigenvalue weighted by Crippen LogP contribution is 2.35. The molecule has 40 heavy (non-hydrogen) atoms. The van der Waals surface area contributed by atoms with E-state index in [2.05, 4.69) is 5.32 Å². The van der Waals surface area contributed by atoms with E-state index in [1.165, 1.54) is 12.1 Å². The molecular formula is C31H29NO8. The standard InChI is InChI=1S/C31H29NO8/c1-18(2)28(32-31(35)38-17-20-7-5-4-6-8-20)30(34)40-22-10-11-23-25(16-22)39-19(3)27(29(23)33)21-9-12-24-26(15-21)37-14-13-36-24/h4-12,15-16,18,28H,13-14,17H2,1-3H3,(H,32,35). The number of nitrogens with one attached hydrogen (secondary N) is 1. The number of aryl methyl sites for hydroxylation is 1. The van der Waals surface area contributed by atoms with Crippen molar-refractivity contribution < 1.29 is 33.0 Å². The number of rotatable bonds is 7. The normalized spacial score (nSPS) is 13.1. The number of benzene rings is 3. The molecule has 0 radical (unpaired) electrons. The summed E-state index contributed by atoms with van der Waals surface area (Å²) in [5.74, 6) is 0.840. The lowest BCUT2D eigenvalue weighted by Gasteiger charge is -2.20. The third-order valence-electron chi connectivity index (χ3n) is 6.50. The van der Waals surface area contributed by atoms with Crippen molar-refractivity contribution in [2.45, 2.75) is 33.4 Å². The second-order valence-corrected chi connectivity index (χ2v) is 9.73. The summed E-state index contributed by atoms with van der Waals surface area (Å²) in [5, 5.41) is 2.91. The van der Waals surface area contributed by atoms with E-state index in [9.17, 15) is 14.4 Å². The Kier molecular flexibility index (Phi) is 7.72. The van der Waals surface area contributed by atoms with E-state index >= 15 is 0 Å². The molecule has 0 bridgehead atoms. The third kappa shape index (κ3) is 5.78. The summed E-state index contributed by atoms with van der Waals surface area (Å²) in [6.45, 7) is 6.25. The highest BCUT2D eigenvalue weighted by atomic mass is 16.6. The lowest BCUT2D eigenvalue weighted by atomic mass is 10.0. The number of alkyl carbamates (subject to hydrolysis) is 1. The van der Waals surface area contributed by atoms with Crippen LogP contribution in [0.2, 0.25) is 0 Å². The molecule has 4 aromatic rings. The molecule has 0 saturated heterocycles. The summed E-state index contributed by atoms with van der Waals surface area (Å²) >= 11 is 0. The molecular weight excluding hydrogens is 514 g/mol. The summed E-state index contributed by atoms with van der Waals surface area (Å²) in [7, 11) is 0. The molecule has 9 nitrogen and oxygen atoms in total. The van der Waals surface area contributed by atoms with E-state index in [0.717, 1.165) is 5.56 Å². The van der Waals surface area contributed by atoms with Gasteiger partial charge in [0.25, 0.3) is 0 Å². The van der Waals surface area contributed by atoms with E-state index in [4.69, 9.17) is 23.4 Å². The van der Waals surface area contributed by atoms with Crippen LogP contribution in [-0.2, 0) is 16.1 Å². The van der Waals surface area contributed by atoms with Gasteiger partial charge in [0.1, 0.15) is 43.0 Å². The van der Waals surface area contributed by atoms with Gasteiger partial charge in [-0.2, -0.15) is 0 Å². The SMILES string of the molecule is Cc1oc2cc(OC(=O)C(NC(=O)OCc3ccccc3)C(C)C)ccc2c(=O)c1-c1ccc2c(c1)OCCO2. The minimum absolute atomic E-state index is 0.0733. The van der Waals surface area contributed by atoms with Crippen molar-refractivity contribution in [1.82, 2.24) is 5.32 Å². The Hall–Kier alpha value is -4.79. The lowest BCUT2D eigenvalue weighted by Crippen LogP contribution is -2.46. The maximum Gasteiger partial charge on any atom is 0.408 e. The minimum Gasteiger partial charge on any atom is -0.486 e. The van der Waals surface area contributed by atoms with Crippen LogP contribution in [0.4, 0.5) is 4.79 Å². The van der Waals surface area contributed by atoms with Gasteiger partial charge in [0.15, 0.2) is 11.5 Å². The van der Waals surface area contributed by atoms with Crippen molar-refractivity contribution in [1.29, 1.82) is 0 Å². The Labute approximate surface area is 230 Å². The first-order chi connectivity index (χ1) is 19.3. The molecule has 0 fully saturated rings. The fourth-order valence-electron chi connectivity index (χ4n) is 4.45. The maximum absolute atomic E-state index is 13.4. The van der Waals surface area contributed by atoms with Crippen LogP contribution in [-0.4, -0.2) is 31.3 Å². The molecule has 1 N–H and O–H groups in total. The number of fused-ring (bicyclic) bond motifs is 2. The predicted octanol–water partition coefficient (Wildman–Crippen LogP) is 5.40. The molecule has 5 rings (SSSR count). The zero-order chi connectivity index (χ0) is 28.2. The van der Waals surface area contributed by atoms with Crippen LogP contribution in [0.1, 0.15) is 25.2 Å². The molecule has 0 spiro atoms. The first-order valence-corrected chi connectivity index (χ1v) is 13.0. The highest BCUT2D eigenvalue weighted by molar-refractivity contribution is 5.86. The number of ether oxygens (including phenoxy) is 4. The molecule has 206 valence electrons. The Morgan fingerprint density at radius 1 is 0.950 bits per heavy atom. The third-order valence-corrected chi connectivity index (χ3v) is 6.50. The van der Waals surface area contributed by atoms with Gasteiger partial charge in [-0.25, -0.2) is 9.59 Å². The van der Waals surface area contributed by atoms with Gasteiger partial charge in [0.2, 0.25) is 5.43 Å². The van der Waals surface area contributed by atoms with Crippen LogP contribution in [0.5, 0.6) is 17.2 Å². The molecule has 0 saturated carbocycles. The van der Waals surface area contributed by atoms with Crippen molar-refractivity contribution in [2.24, 2.45) is 5.92 Å². The van der Waals surface area contributed by atoms with Crippen LogP contribution >= 0.6 is 0 Å². The number of esters is 1. The molecule has 3 aromatic carbocycles. The molecule has 0 aliphatic carbocycles. The largest absolute Gasteiger partial charge is 0.486 e. The summed E-state index contributed by atoms with van der Waals surface area (Å²) in [5.41, 5.74) is 1.93. The summed E-state index contributed by atoms with van der Waals surface area (Å²) in [6, 6.07) is 18.2. The summed E-state index contributed by atoms with van der Waals surface area (Å²) in [6.07, 6.45) is -0.730. The van der Waals surface area contributed by atoms with Gasteiger partial charge >= 0.3 is 12.1 Å². The van der Waals surface area contributed by atoms with Crippen LogP contribution in [0.3, 0.4) is 0 Å². The molecule has 1 atom stereocenters.